The Bertz CT molecular complexity index is 1420. The van der Waals surface area contributed by atoms with Gasteiger partial charge in [-0.3, -0.25) is 4.79 Å². The van der Waals surface area contributed by atoms with Crippen LogP contribution in [0, 0.1) is 11.7 Å². The molecule has 0 saturated heterocycles. The van der Waals surface area contributed by atoms with Crippen LogP contribution in [0.4, 0.5) is 4.39 Å². The van der Waals surface area contributed by atoms with Gasteiger partial charge in [-0.05, 0) is 84.7 Å². The summed E-state index contributed by atoms with van der Waals surface area (Å²) in [6.07, 6.45) is 4.08. The Hall–Kier alpha value is -3.60. The molecule has 5 heteroatoms. The minimum Gasteiger partial charge on any atom is -0.486 e. The first-order valence-electron chi connectivity index (χ1n) is 12.3. The summed E-state index contributed by atoms with van der Waals surface area (Å²) in [4.78, 5) is 12.0. The molecule has 1 saturated carbocycles. The third-order valence-corrected chi connectivity index (χ3v) is 7.47. The molecule has 2 aliphatic rings. The molecule has 6 rings (SSSR count). The number of rotatable bonds is 6. The van der Waals surface area contributed by atoms with E-state index < -0.39 is 0 Å². The zero-order chi connectivity index (χ0) is 24.1. The van der Waals surface area contributed by atoms with Gasteiger partial charge in [0.2, 0.25) is 0 Å². The van der Waals surface area contributed by atoms with E-state index in [0.29, 0.717) is 12.2 Å². The summed E-state index contributed by atoms with van der Waals surface area (Å²) in [5, 5.41) is 1.17. The van der Waals surface area contributed by atoms with Gasteiger partial charge in [-0.15, -0.1) is 0 Å². The van der Waals surface area contributed by atoms with Crippen molar-refractivity contribution in [1.82, 2.24) is 4.57 Å². The second kappa shape index (κ2) is 8.56. The van der Waals surface area contributed by atoms with Gasteiger partial charge in [0, 0.05) is 29.7 Å². The quantitative estimate of drug-likeness (QED) is 0.295. The fourth-order valence-corrected chi connectivity index (χ4v) is 5.61. The maximum atomic E-state index is 15.1. The lowest BCUT2D eigenvalue weighted by Gasteiger charge is -2.17. The van der Waals surface area contributed by atoms with E-state index in [-0.39, 0.29) is 29.7 Å². The molecule has 4 nitrogen and oxygen atoms in total. The van der Waals surface area contributed by atoms with Crippen LogP contribution < -0.4 is 4.74 Å². The maximum Gasteiger partial charge on any atom is 0.309 e. The van der Waals surface area contributed by atoms with Crippen LogP contribution in [-0.2, 0) is 23.0 Å². The van der Waals surface area contributed by atoms with Gasteiger partial charge in [0.05, 0.1) is 12.5 Å². The number of carbonyl (C=O) groups is 1. The fourth-order valence-electron chi connectivity index (χ4n) is 5.61. The molecule has 2 aliphatic carbocycles. The zero-order valence-corrected chi connectivity index (χ0v) is 20.0. The number of hydrogen-bond acceptors (Lipinski definition) is 3. The molecule has 1 fully saturated rings. The Balaban J connectivity index is 1.25. The third-order valence-electron chi connectivity index (χ3n) is 7.47. The second-order valence-electron chi connectivity index (χ2n) is 9.57. The molecular formula is C30H28FNO3. The van der Waals surface area contributed by atoms with Crippen LogP contribution in [0.1, 0.15) is 48.5 Å². The molecule has 4 aromatic rings. The molecular weight excluding hydrogens is 441 g/mol. The summed E-state index contributed by atoms with van der Waals surface area (Å²) in [7, 11) is 2.04. The average molecular weight is 470 g/mol. The lowest BCUT2D eigenvalue weighted by Crippen LogP contribution is -2.07. The minimum absolute atomic E-state index is 0.0370. The van der Waals surface area contributed by atoms with E-state index in [1.807, 2.05) is 44.3 Å². The molecule has 0 radical (unpaired) electrons. The highest BCUT2D eigenvalue weighted by Crippen LogP contribution is 2.49. The number of aromatic nitrogens is 1. The number of carbonyl (C=O) groups excluding carboxylic acids is 1. The lowest BCUT2D eigenvalue weighted by molar-refractivity contribution is -0.144. The Morgan fingerprint density at radius 3 is 2.69 bits per heavy atom. The van der Waals surface area contributed by atoms with Crippen molar-refractivity contribution in [2.45, 2.75) is 38.2 Å². The number of aryl methyl sites for hydroxylation is 1. The van der Waals surface area contributed by atoms with Crippen molar-refractivity contribution >= 4 is 16.9 Å². The molecule has 1 heterocycles. The van der Waals surface area contributed by atoms with Crippen LogP contribution in [0.3, 0.4) is 0 Å². The highest BCUT2D eigenvalue weighted by atomic mass is 19.1. The Morgan fingerprint density at radius 2 is 1.89 bits per heavy atom. The number of benzene rings is 3. The van der Waals surface area contributed by atoms with Crippen molar-refractivity contribution in [2.75, 3.05) is 6.61 Å². The SMILES string of the molecule is CCOC(=O)[C@H]1CC1c1ccc(OC2CCc3c(-c4cccc5c4ccn5C)ccc(F)c32)cc1. The van der Waals surface area contributed by atoms with E-state index >= 15 is 4.39 Å². The van der Waals surface area contributed by atoms with Gasteiger partial charge in [0.1, 0.15) is 17.7 Å². The molecule has 3 atom stereocenters. The molecule has 0 aliphatic heterocycles. The van der Waals surface area contributed by atoms with Gasteiger partial charge in [-0.2, -0.15) is 0 Å². The standard InChI is InChI=1S/C30H28FNO3/c1-3-34-30(33)25-17-24(25)18-7-9-19(10-8-18)35-28-14-12-23-21(11-13-26(31)29(23)28)20-5-4-6-27-22(20)15-16-32(27)2/h4-11,13,15-16,24-25,28H,3,12,14,17H2,1-2H3/t24?,25-,28?/m0/s1. The molecule has 3 aromatic carbocycles. The molecule has 0 amide bonds. The van der Waals surface area contributed by atoms with Crippen molar-refractivity contribution in [2.24, 2.45) is 13.0 Å². The summed E-state index contributed by atoms with van der Waals surface area (Å²) in [5.74, 6) is 0.576. The van der Waals surface area contributed by atoms with Crippen molar-refractivity contribution in [1.29, 1.82) is 0 Å². The number of halogens is 1. The highest BCUT2D eigenvalue weighted by molar-refractivity contribution is 5.96. The predicted octanol–water partition coefficient (Wildman–Crippen LogP) is 6.72. The summed E-state index contributed by atoms with van der Waals surface area (Å²) in [6.45, 7) is 2.24. The molecule has 2 unspecified atom stereocenters. The van der Waals surface area contributed by atoms with Crippen LogP contribution in [-0.4, -0.2) is 17.1 Å². The van der Waals surface area contributed by atoms with Gasteiger partial charge in [-0.1, -0.05) is 30.3 Å². The first kappa shape index (κ1) is 21.9. The maximum absolute atomic E-state index is 15.1. The van der Waals surface area contributed by atoms with Crippen LogP contribution in [0.5, 0.6) is 5.75 Å². The minimum atomic E-state index is -0.320. The average Bonchev–Trinajstić information content (AvgIpc) is 3.43. The van der Waals surface area contributed by atoms with Crippen LogP contribution in [0.15, 0.2) is 66.9 Å². The van der Waals surface area contributed by atoms with Gasteiger partial charge in [-0.25, -0.2) is 4.39 Å². The predicted molar refractivity (Wildman–Crippen MR) is 134 cm³/mol. The molecule has 178 valence electrons. The Kier molecular flexibility index (Phi) is 5.36. The van der Waals surface area contributed by atoms with Crippen LogP contribution >= 0.6 is 0 Å². The third kappa shape index (κ3) is 3.79. The fraction of sp³-hybridized carbons (Fsp3) is 0.300. The largest absolute Gasteiger partial charge is 0.486 e. The van der Waals surface area contributed by atoms with Gasteiger partial charge < -0.3 is 14.0 Å². The van der Waals surface area contributed by atoms with E-state index in [1.165, 1.54) is 5.39 Å². The van der Waals surface area contributed by atoms with E-state index in [9.17, 15) is 4.79 Å². The number of ether oxygens (including phenoxy) is 2. The monoisotopic (exact) mass is 469 g/mol. The summed E-state index contributed by atoms with van der Waals surface area (Å²) >= 11 is 0. The highest BCUT2D eigenvalue weighted by Gasteiger charge is 2.45. The first-order chi connectivity index (χ1) is 17.0. The van der Waals surface area contributed by atoms with Crippen LogP contribution in [0.25, 0.3) is 22.0 Å². The number of fused-ring (bicyclic) bond motifs is 2. The van der Waals surface area contributed by atoms with E-state index in [1.54, 1.807) is 6.07 Å². The van der Waals surface area contributed by atoms with Gasteiger partial charge >= 0.3 is 5.97 Å². The van der Waals surface area contributed by atoms with E-state index in [2.05, 4.69) is 35.0 Å². The van der Waals surface area contributed by atoms with Gasteiger partial charge in [0.25, 0.3) is 0 Å². The van der Waals surface area contributed by atoms with Crippen molar-refractivity contribution < 1.29 is 18.7 Å². The summed E-state index contributed by atoms with van der Waals surface area (Å²) in [5.41, 5.74) is 6.20. The molecule has 35 heavy (non-hydrogen) atoms. The Labute approximate surface area is 204 Å². The second-order valence-corrected chi connectivity index (χ2v) is 9.57. The zero-order valence-electron chi connectivity index (χ0n) is 20.0. The molecule has 0 N–H and O–H groups in total. The number of esters is 1. The smallest absolute Gasteiger partial charge is 0.309 e. The summed E-state index contributed by atoms with van der Waals surface area (Å²) in [6, 6.07) is 19.8. The number of hydrogen-bond donors (Lipinski definition) is 0. The first-order valence-corrected chi connectivity index (χ1v) is 12.3. The van der Waals surface area contributed by atoms with Crippen molar-refractivity contribution in [3.8, 4) is 16.9 Å². The Morgan fingerprint density at radius 1 is 1.06 bits per heavy atom. The van der Waals surface area contributed by atoms with Crippen molar-refractivity contribution in [3.63, 3.8) is 0 Å². The summed E-state index contributed by atoms with van der Waals surface area (Å²) < 4.78 is 28.6. The van der Waals surface area contributed by atoms with Crippen molar-refractivity contribution in [3.05, 3.63) is 89.4 Å². The van der Waals surface area contributed by atoms with E-state index in [4.69, 9.17) is 9.47 Å². The van der Waals surface area contributed by atoms with Gasteiger partial charge in [0.15, 0.2) is 0 Å². The van der Waals surface area contributed by atoms with E-state index in [0.717, 1.165) is 52.8 Å². The molecule has 0 bridgehead atoms. The van der Waals surface area contributed by atoms with Crippen LogP contribution in [0.2, 0.25) is 0 Å². The topological polar surface area (TPSA) is 40.5 Å². The molecule has 0 spiro atoms. The number of nitrogens with zero attached hydrogens (tertiary/aromatic N) is 1. The molecule has 1 aromatic heterocycles. The normalized spacial score (nSPS) is 20.6. The lowest BCUT2D eigenvalue weighted by atomic mass is 9.94.